The molecule has 0 saturated heterocycles. The summed E-state index contributed by atoms with van der Waals surface area (Å²) in [5.74, 6) is -1.19. The normalized spacial score (nSPS) is 17.4. The third-order valence-corrected chi connectivity index (χ3v) is 9.78. The van der Waals surface area contributed by atoms with Crippen molar-refractivity contribution in [2.45, 2.75) is 32.9 Å². The highest BCUT2D eigenvalue weighted by molar-refractivity contribution is 7.22. The molecule has 2 amide bonds. The number of para-hydroxylation sites is 1. The van der Waals surface area contributed by atoms with Crippen molar-refractivity contribution < 1.29 is 14.0 Å². The van der Waals surface area contributed by atoms with E-state index in [9.17, 15) is 9.59 Å². The predicted molar refractivity (Wildman–Crippen MR) is 173 cm³/mol. The van der Waals surface area contributed by atoms with Crippen molar-refractivity contribution in [1.29, 1.82) is 0 Å². The molecule has 0 saturated carbocycles. The largest absolute Gasteiger partial charge is 0.450 e. The van der Waals surface area contributed by atoms with E-state index in [1.807, 2.05) is 81.4 Å². The van der Waals surface area contributed by atoms with Crippen molar-refractivity contribution in [2.75, 3.05) is 9.80 Å². The van der Waals surface area contributed by atoms with Crippen LogP contribution >= 0.6 is 22.9 Å². The third kappa shape index (κ3) is 3.55. The van der Waals surface area contributed by atoms with Gasteiger partial charge in [-0.15, -0.1) is 0 Å². The molecule has 9 heteroatoms. The first-order valence-corrected chi connectivity index (χ1v) is 15.3. The van der Waals surface area contributed by atoms with Crippen LogP contribution in [0.2, 0.25) is 5.02 Å². The van der Waals surface area contributed by atoms with Gasteiger partial charge in [-0.1, -0.05) is 77.0 Å². The number of aromatic nitrogens is 1. The number of thiazole rings is 1. The summed E-state index contributed by atoms with van der Waals surface area (Å²) in [6.07, 6.45) is 0. The van der Waals surface area contributed by atoms with Crippen LogP contribution in [0, 0.1) is 20.8 Å². The first-order valence-electron chi connectivity index (χ1n) is 14.1. The van der Waals surface area contributed by atoms with Crippen molar-refractivity contribution in [1.82, 2.24) is 4.98 Å². The molecule has 0 aliphatic carbocycles. The van der Waals surface area contributed by atoms with Gasteiger partial charge in [-0.25, -0.2) is 4.98 Å². The molecule has 2 aromatic heterocycles. The Kier molecular flexibility index (Phi) is 5.70. The third-order valence-electron chi connectivity index (χ3n) is 8.56. The molecule has 6 aromatic rings. The maximum Gasteiger partial charge on any atom is 0.297 e. The topological polar surface area (TPSA) is 83.7 Å². The number of carbonyl (C=O) groups is 2. The van der Waals surface area contributed by atoms with Crippen LogP contribution < -0.4 is 15.2 Å². The zero-order chi connectivity index (χ0) is 30.5. The molecule has 216 valence electrons. The molecule has 4 heterocycles. The standard InChI is InChI=1S/C35H24ClN3O4S/c1-18-8-10-21(11-9-18)17-38-25-7-5-4-6-24(25)35(33(38)42)28-30(40)23-16-22(36)12-13-26(23)43-31(28)32(41)39(35)34-37-29-20(3)14-19(2)15-27(29)44-34/h4-16H,17H2,1-3H3. The fourth-order valence-electron chi connectivity index (χ4n) is 6.62. The monoisotopic (exact) mass is 617 g/mol. The van der Waals surface area contributed by atoms with Gasteiger partial charge in [0.1, 0.15) is 5.58 Å². The average molecular weight is 618 g/mol. The van der Waals surface area contributed by atoms with Crippen molar-refractivity contribution in [2.24, 2.45) is 0 Å². The Morgan fingerprint density at radius 1 is 0.909 bits per heavy atom. The Morgan fingerprint density at radius 3 is 2.48 bits per heavy atom. The van der Waals surface area contributed by atoms with Gasteiger partial charge in [0.2, 0.25) is 5.76 Å². The van der Waals surface area contributed by atoms with E-state index < -0.39 is 22.8 Å². The number of nitrogens with zero attached hydrogens (tertiary/aromatic N) is 3. The molecule has 0 radical (unpaired) electrons. The van der Waals surface area contributed by atoms with Gasteiger partial charge in [0.25, 0.3) is 11.8 Å². The molecule has 4 aromatic carbocycles. The van der Waals surface area contributed by atoms with Gasteiger partial charge < -0.3 is 9.32 Å². The minimum Gasteiger partial charge on any atom is -0.450 e. The van der Waals surface area contributed by atoms with Crippen LogP contribution in [0.3, 0.4) is 0 Å². The number of hydrogen-bond acceptors (Lipinski definition) is 6. The molecule has 1 atom stereocenters. The van der Waals surface area contributed by atoms with E-state index in [0.717, 1.165) is 32.5 Å². The molecule has 2 aliphatic rings. The van der Waals surface area contributed by atoms with Crippen LogP contribution in [0.25, 0.3) is 21.2 Å². The van der Waals surface area contributed by atoms with Crippen LogP contribution in [0.1, 0.15) is 43.9 Å². The molecule has 1 spiro atoms. The van der Waals surface area contributed by atoms with Gasteiger partial charge in [0.15, 0.2) is 16.1 Å². The van der Waals surface area contributed by atoms with E-state index in [1.165, 1.54) is 22.3 Å². The SMILES string of the molecule is Cc1ccc(CN2C(=O)C3(c4ccccc42)c2c(oc4ccc(Cl)cc4c2=O)C(=O)N3c2nc3c(C)cc(C)cc3s2)cc1. The number of hydrogen-bond donors (Lipinski definition) is 0. The average Bonchev–Trinajstić information content (AvgIpc) is 3.61. The highest BCUT2D eigenvalue weighted by Crippen LogP contribution is 2.55. The molecule has 0 N–H and O–H groups in total. The fourth-order valence-corrected chi connectivity index (χ4v) is 7.99. The number of halogens is 1. The molecule has 44 heavy (non-hydrogen) atoms. The van der Waals surface area contributed by atoms with Gasteiger partial charge in [-0.05, 0) is 67.8 Å². The number of rotatable bonds is 3. The van der Waals surface area contributed by atoms with E-state index in [2.05, 4.69) is 0 Å². The van der Waals surface area contributed by atoms with Crippen LogP contribution in [-0.2, 0) is 16.9 Å². The number of amides is 2. The lowest BCUT2D eigenvalue weighted by atomic mass is 9.84. The molecule has 2 aliphatic heterocycles. The Labute approximate surface area is 260 Å². The van der Waals surface area contributed by atoms with Gasteiger partial charge in [-0.2, -0.15) is 0 Å². The molecule has 0 fully saturated rings. The molecule has 8 rings (SSSR count). The van der Waals surface area contributed by atoms with Gasteiger partial charge in [0.05, 0.1) is 33.4 Å². The van der Waals surface area contributed by atoms with Gasteiger partial charge >= 0.3 is 0 Å². The summed E-state index contributed by atoms with van der Waals surface area (Å²) in [6.45, 7) is 6.22. The first kappa shape index (κ1) is 26.8. The highest BCUT2D eigenvalue weighted by atomic mass is 35.5. The minimum absolute atomic E-state index is 0.0201. The van der Waals surface area contributed by atoms with Gasteiger partial charge in [-0.3, -0.25) is 19.3 Å². The van der Waals surface area contributed by atoms with E-state index >= 15 is 4.79 Å². The maximum atomic E-state index is 15.1. The van der Waals surface area contributed by atoms with Crippen molar-refractivity contribution >= 4 is 66.8 Å². The summed E-state index contributed by atoms with van der Waals surface area (Å²) in [6, 6.07) is 24.0. The number of benzene rings is 4. The first-order chi connectivity index (χ1) is 21.2. The molecule has 7 nitrogen and oxygen atoms in total. The zero-order valence-electron chi connectivity index (χ0n) is 24.0. The minimum atomic E-state index is -1.83. The second kappa shape index (κ2) is 9.35. The Bertz CT molecular complexity index is 2290. The summed E-state index contributed by atoms with van der Waals surface area (Å²) in [5, 5.41) is 0.853. The second-order valence-corrected chi connectivity index (χ2v) is 12.9. The van der Waals surface area contributed by atoms with E-state index in [1.54, 1.807) is 17.0 Å². The summed E-state index contributed by atoms with van der Waals surface area (Å²) in [7, 11) is 0. The summed E-state index contributed by atoms with van der Waals surface area (Å²) >= 11 is 7.62. The summed E-state index contributed by atoms with van der Waals surface area (Å²) in [4.78, 5) is 52.2. The Morgan fingerprint density at radius 2 is 1.68 bits per heavy atom. The maximum absolute atomic E-state index is 15.1. The van der Waals surface area contributed by atoms with E-state index in [-0.39, 0.29) is 28.8 Å². The van der Waals surface area contributed by atoms with Crippen LogP contribution in [0.5, 0.6) is 0 Å². The zero-order valence-corrected chi connectivity index (χ0v) is 25.5. The van der Waals surface area contributed by atoms with E-state index in [4.69, 9.17) is 21.0 Å². The number of carbonyl (C=O) groups excluding carboxylic acids is 2. The lowest BCUT2D eigenvalue weighted by Crippen LogP contribution is -2.53. The quantitative estimate of drug-likeness (QED) is 0.206. The second-order valence-electron chi connectivity index (χ2n) is 11.4. The highest BCUT2D eigenvalue weighted by Gasteiger charge is 2.66. The predicted octanol–water partition coefficient (Wildman–Crippen LogP) is 7.43. The smallest absolute Gasteiger partial charge is 0.297 e. The molecular weight excluding hydrogens is 594 g/mol. The fraction of sp³-hybridized carbons (Fsp3) is 0.143. The lowest BCUT2D eigenvalue weighted by molar-refractivity contribution is -0.121. The van der Waals surface area contributed by atoms with E-state index in [0.29, 0.717) is 21.4 Å². The van der Waals surface area contributed by atoms with Gasteiger partial charge in [0, 0.05) is 10.6 Å². The molecule has 0 bridgehead atoms. The lowest BCUT2D eigenvalue weighted by Gasteiger charge is -2.32. The summed E-state index contributed by atoms with van der Waals surface area (Å²) in [5.41, 5.74) is 3.78. The molecular formula is C35H24ClN3O4S. The van der Waals surface area contributed by atoms with Crippen LogP contribution in [0.4, 0.5) is 10.8 Å². The van der Waals surface area contributed by atoms with Crippen LogP contribution in [-0.4, -0.2) is 16.8 Å². The number of anilines is 2. The Balaban J connectivity index is 1.45. The van der Waals surface area contributed by atoms with Crippen molar-refractivity contribution in [3.05, 3.63) is 133 Å². The van der Waals surface area contributed by atoms with Crippen molar-refractivity contribution in [3.63, 3.8) is 0 Å². The Hall–Kier alpha value is -4.79. The van der Waals surface area contributed by atoms with Crippen molar-refractivity contribution in [3.8, 4) is 0 Å². The number of fused-ring (bicyclic) bond motifs is 6. The summed E-state index contributed by atoms with van der Waals surface area (Å²) < 4.78 is 7.07. The van der Waals surface area contributed by atoms with Crippen LogP contribution in [0.15, 0.2) is 88.1 Å². The number of aryl methyl sites for hydroxylation is 3. The molecule has 1 unspecified atom stereocenters.